The summed E-state index contributed by atoms with van der Waals surface area (Å²) in [6.07, 6.45) is 9.34. The molecule has 5 unspecified atom stereocenters. The first-order valence-electron chi connectivity index (χ1n) is 19.7. The van der Waals surface area contributed by atoms with Crippen LogP contribution in [0.5, 0.6) is 17.2 Å². The Morgan fingerprint density at radius 3 is 2.79 bits per heavy atom. The summed E-state index contributed by atoms with van der Waals surface area (Å²) in [5, 5.41) is 24.7. The van der Waals surface area contributed by atoms with Crippen molar-refractivity contribution in [2.75, 3.05) is 47.1 Å². The zero-order valence-electron chi connectivity index (χ0n) is 32.2. The number of H-pyrrole nitrogens is 1. The van der Waals surface area contributed by atoms with E-state index in [4.69, 9.17) is 23.7 Å². The number of aromatic nitrogens is 1. The first-order chi connectivity index (χ1) is 27.2. The van der Waals surface area contributed by atoms with Gasteiger partial charge >= 0.3 is 5.97 Å². The van der Waals surface area contributed by atoms with E-state index in [-0.39, 0.29) is 59.7 Å². The number of hydrogen-bond acceptors (Lipinski definition) is 11. The van der Waals surface area contributed by atoms with E-state index in [0.717, 1.165) is 54.5 Å². The minimum absolute atomic E-state index is 0.00566. The van der Waals surface area contributed by atoms with Crippen molar-refractivity contribution >= 4 is 34.5 Å². The normalized spacial score (nSPS) is 27.3. The van der Waals surface area contributed by atoms with Crippen molar-refractivity contribution < 1.29 is 48.3 Å². The number of piperidine rings is 1. The van der Waals surface area contributed by atoms with E-state index in [1.165, 1.54) is 7.11 Å². The summed E-state index contributed by atoms with van der Waals surface area (Å²) < 4.78 is 29.9. The Kier molecular flexibility index (Phi) is 10.7. The van der Waals surface area contributed by atoms with Gasteiger partial charge in [-0.3, -0.25) is 9.59 Å². The number of fused-ring (bicyclic) bond motifs is 4. The molecule has 5 aliphatic rings. The fraction of sp³-hybridized carbons (Fsp3) is 0.477. The smallest absolute Gasteiger partial charge is 0.375 e. The quantitative estimate of drug-likeness (QED) is 0.100. The molecule has 5 atom stereocenters. The molecule has 3 aromatic rings. The fourth-order valence-corrected chi connectivity index (χ4v) is 9.90. The van der Waals surface area contributed by atoms with Gasteiger partial charge in [0, 0.05) is 74.3 Å². The van der Waals surface area contributed by atoms with Crippen molar-refractivity contribution in [3.8, 4) is 17.2 Å². The summed E-state index contributed by atoms with van der Waals surface area (Å²) in [5.74, 6) is -0.625. The number of aliphatic hydroxyl groups excluding tert-OH is 1. The van der Waals surface area contributed by atoms with Gasteiger partial charge in [-0.1, -0.05) is 23.8 Å². The molecule has 0 bridgehead atoms. The number of likely N-dealkylation sites (tertiary alicyclic amines) is 1. The number of allylic oxidation sites excluding steroid dienone is 3. The molecule has 296 valence electrons. The molecule has 1 aromatic heterocycles. The minimum Gasteiger partial charge on any atom is -0.496 e. The summed E-state index contributed by atoms with van der Waals surface area (Å²) in [5.41, 5.74) is 3.16. The maximum atomic E-state index is 13.6. The second kappa shape index (κ2) is 15.7. The number of aliphatic hydroxyl groups is 2. The fourth-order valence-electron chi connectivity index (χ4n) is 9.90. The molecule has 12 nitrogen and oxygen atoms in total. The molecule has 0 spiro atoms. The largest absolute Gasteiger partial charge is 0.496 e. The Balaban J connectivity index is 1.22. The van der Waals surface area contributed by atoms with E-state index >= 15 is 0 Å². The highest BCUT2D eigenvalue weighted by atomic mass is 16.6. The Morgan fingerprint density at radius 2 is 2.02 bits per heavy atom. The number of nitrogens with one attached hydrogen (secondary N) is 1. The molecule has 1 saturated heterocycles. The third-order valence-corrected chi connectivity index (χ3v) is 12.5. The molecule has 2 aromatic carbocycles. The molecule has 8 rings (SSSR count). The van der Waals surface area contributed by atoms with Gasteiger partial charge in [-0.05, 0) is 80.6 Å². The van der Waals surface area contributed by atoms with Crippen LogP contribution in [0.1, 0.15) is 73.6 Å². The van der Waals surface area contributed by atoms with E-state index in [9.17, 15) is 24.6 Å². The molecule has 1 saturated carbocycles. The van der Waals surface area contributed by atoms with Crippen molar-refractivity contribution in [1.29, 1.82) is 0 Å². The van der Waals surface area contributed by atoms with E-state index in [2.05, 4.69) is 16.0 Å². The van der Waals surface area contributed by atoms with E-state index in [1.54, 1.807) is 14.0 Å². The molecule has 0 amide bonds. The minimum atomic E-state index is -1.21. The van der Waals surface area contributed by atoms with Crippen LogP contribution in [0.2, 0.25) is 0 Å². The number of benzene rings is 2. The summed E-state index contributed by atoms with van der Waals surface area (Å²) in [4.78, 5) is 45.9. The van der Waals surface area contributed by atoms with Crippen LogP contribution >= 0.6 is 0 Å². The summed E-state index contributed by atoms with van der Waals surface area (Å²) in [7, 11) is 3.24. The monoisotopic (exact) mass is 766 g/mol. The van der Waals surface area contributed by atoms with Crippen LogP contribution in [0.25, 0.3) is 16.5 Å². The zero-order valence-corrected chi connectivity index (χ0v) is 32.2. The number of aromatic amines is 1. The molecule has 2 aliphatic carbocycles. The number of ketones is 1. The van der Waals surface area contributed by atoms with Crippen LogP contribution in [-0.4, -0.2) is 96.9 Å². The lowest BCUT2D eigenvalue weighted by molar-refractivity contribution is -0.141. The predicted octanol–water partition coefficient (Wildman–Crippen LogP) is 5.34. The van der Waals surface area contributed by atoms with Gasteiger partial charge in [-0.2, -0.15) is 0 Å². The maximum Gasteiger partial charge on any atom is 0.375 e. The number of Topliss-reactive ketones (excluding diaryl/α,β-unsaturated/α-hetero) is 1. The van der Waals surface area contributed by atoms with Gasteiger partial charge in [0.15, 0.2) is 6.29 Å². The Hall–Kier alpha value is -4.75. The van der Waals surface area contributed by atoms with Crippen LogP contribution in [0.15, 0.2) is 59.5 Å². The predicted molar refractivity (Wildman–Crippen MR) is 207 cm³/mol. The Bertz CT molecular complexity index is 2150. The van der Waals surface area contributed by atoms with Crippen LogP contribution in [-0.2, 0) is 36.9 Å². The number of esters is 1. The van der Waals surface area contributed by atoms with E-state index in [0.29, 0.717) is 60.4 Å². The molecular formula is C44H50N2O10. The molecule has 4 heterocycles. The van der Waals surface area contributed by atoms with Gasteiger partial charge in [0.05, 0.1) is 37.0 Å². The van der Waals surface area contributed by atoms with Crippen LogP contribution in [0, 0.1) is 11.8 Å². The van der Waals surface area contributed by atoms with Crippen LogP contribution in [0.3, 0.4) is 0 Å². The first kappa shape index (κ1) is 38.1. The number of nitrogens with zero attached hydrogens (tertiary/aromatic N) is 1. The van der Waals surface area contributed by atoms with Crippen molar-refractivity contribution in [2.45, 2.75) is 76.1 Å². The second-order valence-electron chi connectivity index (χ2n) is 15.5. The zero-order chi connectivity index (χ0) is 39.1. The lowest BCUT2D eigenvalue weighted by Gasteiger charge is -2.49. The molecular weight excluding hydrogens is 716 g/mol. The Morgan fingerprint density at radius 1 is 1.16 bits per heavy atom. The number of rotatable bonds is 11. The average Bonchev–Trinajstić information content (AvgIpc) is 3.88. The number of carbonyl (C=O) groups is 3. The van der Waals surface area contributed by atoms with Gasteiger partial charge < -0.3 is 43.8 Å². The molecule has 0 radical (unpaired) electrons. The summed E-state index contributed by atoms with van der Waals surface area (Å²) in [6.45, 7) is 4.50. The van der Waals surface area contributed by atoms with E-state index in [1.807, 2.05) is 36.5 Å². The number of carbonyl (C=O) groups excluding carboxylic acids is 3. The molecule has 3 N–H and O–H groups in total. The second-order valence-corrected chi connectivity index (χ2v) is 15.5. The topological polar surface area (TPSA) is 157 Å². The van der Waals surface area contributed by atoms with Gasteiger partial charge in [-0.15, -0.1) is 0 Å². The first-order valence-corrected chi connectivity index (χ1v) is 19.7. The third kappa shape index (κ3) is 6.46. The lowest BCUT2D eigenvalue weighted by atomic mass is 9.66. The highest BCUT2D eigenvalue weighted by molar-refractivity contribution is 6.11. The average molecular weight is 767 g/mol. The van der Waals surface area contributed by atoms with Gasteiger partial charge in [0.2, 0.25) is 5.76 Å². The summed E-state index contributed by atoms with van der Waals surface area (Å²) >= 11 is 0. The SMILES string of the molecule is CCOC(=O)C1=C(C=O)C(=C2CCC(=O)C(c3ccc4[nH]ccc4c3)C2)c2c(OC)c3c(c(CO)c2O1)OC(C1(O)CC=CC2CN(CCCOC)CCC21)C3. The van der Waals surface area contributed by atoms with Crippen LogP contribution < -0.4 is 14.2 Å². The van der Waals surface area contributed by atoms with Gasteiger partial charge in [0.1, 0.15) is 34.7 Å². The number of aldehydes is 1. The van der Waals surface area contributed by atoms with Crippen molar-refractivity contribution in [3.63, 3.8) is 0 Å². The van der Waals surface area contributed by atoms with E-state index < -0.39 is 30.2 Å². The summed E-state index contributed by atoms with van der Waals surface area (Å²) in [6, 6.07) is 7.88. The van der Waals surface area contributed by atoms with Crippen molar-refractivity contribution in [3.05, 3.63) is 81.8 Å². The van der Waals surface area contributed by atoms with Crippen LogP contribution in [0.4, 0.5) is 0 Å². The van der Waals surface area contributed by atoms with Gasteiger partial charge in [-0.25, -0.2) is 4.79 Å². The lowest BCUT2D eigenvalue weighted by Crippen LogP contribution is -2.58. The van der Waals surface area contributed by atoms with Gasteiger partial charge in [0.25, 0.3) is 0 Å². The highest BCUT2D eigenvalue weighted by Crippen LogP contribution is 2.57. The highest BCUT2D eigenvalue weighted by Gasteiger charge is 2.54. The molecule has 2 fully saturated rings. The Labute approximate surface area is 326 Å². The standard InChI is InChI=1S/C44H50N2O10/c1-4-54-43(50)42-31(23-47)37(27-9-11-35(49)29(20-27)25-8-10-34-26(19-25)12-15-45-34)38-40(53-3)30-21-36(55-39(30)32(24-48)41(38)56-42)44(51)14-5-7-28-22-46(16-6-18-52-2)17-13-33(28)44/h5,7-8,10,12,15,19,23,28-29,33,36,45,48,51H,4,6,9,11,13-14,16-18,20-22,24H2,1-3H3. The molecule has 56 heavy (non-hydrogen) atoms. The number of methoxy groups -OCH3 is 2. The van der Waals surface area contributed by atoms with Crippen molar-refractivity contribution in [2.24, 2.45) is 11.8 Å². The third-order valence-electron chi connectivity index (χ3n) is 12.5. The van der Waals surface area contributed by atoms with Crippen molar-refractivity contribution in [1.82, 2.24) is 9.88 Å². The number of hydrogen-bond donors (Lipinski definition) is 3. The number of ether oxygens (including phenoxy) is 5. The maximum absolute atomic E-state index is 13.6. The molecule has 12 heteroatoms. The molecule has 3 aliphatic heterocycles.